The molecule has 1 fully saturated rings. The second-order valence-corrected chi connectivity index (χ2v) is 7.35. The normalized spacial score (nSPS) is 16.2. The van der Waals surface area contributed by atoms with Crippen molar-refractivity contribution in [3.63, 3.8) is 0 Å². The summed E-state index contributed by atoms with van der Waals surface area (Å²) < 4.78 is 5.08. The van der Waals surface area contributed by atoms with Gasteiger partial charge in [0.05, 0.1) is 5.92 Å². The van der Waals surface area contributed by atoms with Crippen LogP contribution in [0.15, 0.2) is 42.5 Å². The molecular weight excluding hydrogens is 403 g/mol. The maximum absolute atomic E-state index is 12.3. The van der Waals surface area contributed by atoms with Gasteiger partial charge in [-0.25, -0.2) is 0 Å². The van der Waals surface area contributed by atoms with Crippen LogP contribution < -0.4 is 10.2 Å². The van der Waals surface area contributed by atoms with E-state index in [-0.39, 0.29) is 18.9 Å². The zero-order valence-corrected chi connectivity index (χ0v) is 16.6. The first-order valence-corrected chi connectivity index (χ1v) is 9.37. The Hall–Kier alpha value is -2.57. The average molecular weight is 421 g/mol. The van der Waals surface area contributed by atoms with Gasteiger partial charge in [0.1, 0.15) is 0 Å². The summed E-state index contributed by atoms with van der Waals surface area (Å²) in [5, 5.41) is 3.71. The first kappa shape index (κ1) is 20.2. The predicted molar refractivity (Wildman–Crippen MR) is 108 cm³/mol. The van der Waals surface area contributed by atoms with Gasteiger partial charge in [0.2, 0.25) is 5.91 Å². The Morgan fingerprint density at radius 2 is 1.89 bits per heavy atom. The van der Waals surface area contributed by atoms with E-state index in [0.29, 0.717) is 21.4 Å². The maximum atomic E-state index is 12.3. The first-order chi connectivity index (χ1) is 13.3. The molecule has 0 aromatic heterocycles. The minimum absolute atomic E-state index is 0.0383. The molecule has 6 nitrogen and oxygen atoms in total. The van der Waals surface area contributed by atoms with Crippen molar-refractivity contribution in [2.24, 2.45) is 5.92 Å². The van der Waals surface area contributed by atoms with Crippen LogP contribution in [0.25, 0.3) is 0 Å². The summed E-state index contributed by atoms with van der Waals surface area (Å²) in [6.07, 6.45) is 0.0383. The number of hydrogen-bond acceptors (Lipinski definition) is 4. The number of amides is 2. The van der Waals surface area contributed by atoms with Gasteiger partial charge in [0, 0.05) is 34.4 Å². The minimum atomic E-state index is -0.621. The molecule has 8 heteroatoms. The monoisotopic (exact) mass is 420 g/mol. The number of rotatable bonds is 5. The van der Waals surface area contributed by atoms with Gasteiger partial charge in [0.15, 0.2) is 6.61 Å². The van der Waals surface area contributed by atoms with Crippen LogP contribution in [0.2, 0.25) is 10.0 Å². The van der Waals surface area contributed by atoms with Crippen molar-refractivity contribution in [2.45, 2.75) is 13.3 Å². The molecule has 1 atom stereocenters. The Bertz CT molecular complexity index is 915. The van der Waals surface area contributed by atoms with Crippen molar-refractivity contribution in [1.29, 1.82) is 0 Å². The maximum Gasteiger partial charge on any atom is 0.311 e. The molecule has 1 aliphatic rings. The number of aryl methyl sites for hydroxylation is 1. The van der Waals surface area contributed by atoms with Gasteiger partial charge in [0.25, 0.3) is 5.91 Å². The topological polar surface area (TPSA) is 75.7 Å². The van der Waals surface area contributed by atoms with Crippen molar-refractivity contribution in [3.8, 4) is 0 Å². The predicted octanol–water partition coefficient (Wildman–Crippen LogP) is 3.84. The van der Waals surface area contributed by atoms with Crippen molar-refractivity contribution < 1.29 is 19.1 Å². The third-order valence-electron chi connectivity index (χ3n) is 4.40. The standard InChI is InChI=1S/C20H18Cl2N2O4/c1-12-2-5-15(9-17(12)22)23-18(25)11-28-20(27)13-8-19(26)24(10-13)16-6-3-14(21)4-7-16/h2-7,9,13H,8,10-11H2,1H3,(H,23,25). The summed E-state index contributed by atoms with van der Waals surface area (Å²) in [5.41, 5.74) is 2.07. The molecule has 28 heavy (non-hydrogen) atoms. The highest BCUT2D eigenvalue weighted by molar-refractivity contribution is 6.31. The quantitative estimate of drug-likeness (QED) is 0.745. The van der Waals surface area contributed by atoms with E-state index < -0.39 is 24.4 Å². The molecule has 1 aliphatic heterocycles. The van der Waals surface area contributed by atoms with E-state index in [9.17, 15) is 14.4 Å². The third kappa shape index (κ3) is 4.82. The summed E-state index contributed by atoms with van der Waals surface area (Å²) in [7, 11) is 0. The number of nitrogens with zero attached hydrogens (tertiary/aromatic N) is 1. The van der Waals surface area contributed by atoms with E-state index in [1.807, 2.05) is 6.92 Å². The Kier molecular flexibility index (Phi) is 6.21. The van der Waals surface area contributed by atoms with Gasteiger partial charge in [-0.3, -0.25) is 14.4 Å². The molecule has 146 valence electrons. The van der Waals surface area contributed by atoms with Gasteiger partial charge in [-0.2, -0.15) is 0 Å². The van der Waals surface area contributed by atoms with Crippen molar-refractivity contribution in [2.75, 3.05) is 23.4 Å². The van der Waals surface area contributed by atoms with E-state index in [1.54, 1.807) is 42.5 Å². The van der Waals surface area contributed by atoms with E-state index in [4.69, 9.17) is 27.9 Å². The number of carbonyl (C=O) groups is 3. The number of hydrogen-bond donors (Lipinski definition) is 1. The molecule has 2 amide bonds. The highest BCUT2D eigenvalue weighted by atomic mass is 35.5. The molecule has 0 saturated carbocycles. The number of nitrogens with one attached hydrogen (secondary N) is 1. The number of halogens is 2. The van der Waals surface area contributed by atoms with Gasteiger partial charge in [-0.05, 0) is 48.9 Å². The molecule has 0 bridgehead atoms. The molecule has 0 spiro atoms. The lowest BCUT2D eigenvalue weighted by Gasteiger charge is -2.16. The number of esters is 1. The molecule has 1 saturated heterocycles. The van der Waals surface area contributed by atoms with Crippen molar-refractivity contribution >= 4 is 52.4 Å². The van der Waals surface area contributed by atoms with E-state index >= 15 is 0 Å². The summed E-state index contributed by atoms with van der Waals surface area (Å²) in [6, 6.07) is 11.9. The van der Waals surface area contributed by atoms with E-state index in [1.165, 1.54) is 4.90 Å². The summed E-state index contributed by atoms with van der Waals surface area (Å²) in [6.45, 7) is 1.62. The Balaban J connectivity index is 1.52. The van der Waals surface area contributed by atoms with Crippen LogP contribution in [0.4, 0.5) is 11.4 Å². The summed E-state index contributed by atoms with van der Waals surface area (Å²) in [4.78, 5) is 38.0. The third-order valence-corrected chi connectivity index (χ3v) is 5.06. The fourth-order valence-corrected chi connectivity index (χ4v) is 3.16. The highest BCUT2D eigenvalue weighted by Crippen LogP contribution is 2.27. The van der Waals surface area contributed by atoms with Crippen molar-refractivity contribution in [1.82, 2.24) is 0 Å². The van der Waals surface area contributed by atoms with Crippen LogP contribution in [-0.2, 0) is 19.1 Å². The second-order valence-electron chi connectivity index (χ2n) is 6.50. The summed E-state index contributed by atoms with van der Waals surface area (Å²) in [5.74, 6) is -1.86. The molecule has 2 aromatic rings. The van der Waals surface area contributed by atoms with Crippen LogP contribution in [-0.4, -0.2) is 30.9 Å². The lowest BCUT2D eigenvalue weighted by atomic mass is 10.1. The molecule has 3 rings (SSSR count). The first-order valence-electron chi connectivity index (χ1n) is 8.62. The molecule has 1 heterocycles. The smallest absolute Gasteiger partial charge is 0.311 e. The Morgan fingerprint density at radius 3 is 2.57 bits per heavy atom. The second kappa shape index (κ2) is 8.63. The molecule has 0 radical (unpaired) electrons. The zero-order valence-electron chi connectivity index (χ0n) is 15.1. The van der Waals surface area contributed by atoms with Crippen LogP contribution >= 0.6 is 23.2 Å². The van der Waals surface area contributed by atoms with Crippen LogP contribution in [0.5, 0.6) is 0 Å². The summed E-state index contributed by atoms with van der Waals surface area (Å²) >= 11 is 11.9. The lowest BCUT2D eigenvalue weighted by molar-refractivity contribution is -0.151. The minimum Gasteiger partial charge on any atom is -0.455 e. The Labute approximate surface area is 172 Å². The number of benzene rings is 2. The molecular formula is C20H18Cl2N2O4. The average Bonchev–Trinajstić information content (AvgIpc) is 3.05. The van der Waals surface area contributed by atoms with Crippen molar-refractivity contribution in [3.05, 3.63) is 58.1 Å². The zero-order chi connectivity index (χ0) is 20.3. The van der Waals surface area contributed by atoms with Gasteiger partial charge in [-0.1, -0.05) is 29.3 Å². The van der Waals surface area contributed by atoms with Crippen LogP contribution in [0.1, 0.15) is 12.0 Å². The number of anilines is 2. The van der Waals surface area contributed by atoms with Crippen LogP contribution in [0.3, 0.4) is 0 Å². The van der Waals surface area contributed by atoms with Gasteiger partial charge < -0.3 is 15.0 Å². The highest BCUT2D eigenvalue weighted by Gasteiger charge is 2.36. The van der Waals surface area contributed by atoms with E-state index in [2.05, 4.69) is 5.32 Å². The largest absolute Gasteiger partial charge is 0.455 e. The number of ether oxygens (including phenoxy) is 1. The molecule has 1 N–H and O–H groups in total. The molecule has 2 aromatic carbocycles. The number of carbonyl (C=O) groups excluding carboxylic acids is 3. The molecule has 1 unspecified atom stereocenters. The molecule has 0 aliphatic carbocycles. The fourth-order valence-electron chi connectivity index (χ4n) is 2.86. The van der Waals surface area contributed by atoms with Crippen LogP contribution in [0, 0.1) is 12.8 Å². The lowest BCUT2D eigenvalue weighted by Crippen LogP contribution is -2.28. The Morgan fingerprint density at radius 1 is 1.18 bits per heavy atom. The fraction of sp³-hybridized carbons (Fsp3) is 0.250. The SMILES string of the molecule is Cc1ccc(NC(=O)COC(=O)C2CC(=O)N(c3ccc(Cl)cc3)C2)cc1Cl. The van der Waals surface area contributed by atoms with E-state index in [0.717, 1.165) is 5.56 Å². The van der Waals surface area contributed by atoms with Gasteiger partial charge >= 0.3 is 5.97 Å². The van der Waals surface area contributed by atoms with Gasteiger partial charge in [-0.15, -0.1) is 0 Å².